The van der Waals surface area contributed by atoms with Gasteiger partial charge in [0.05, 0.1) is 10.6 Å². The second-order valence-electron chi connectivity index (χ2n) is 7.26. The summed E-state index contributed by atoms with van der Waals surface area (Å²) in [5, 5.41) is 3.36. The molecule has 1 N–H and O–H groups in total. The van der Waals surface area contributed by atoms with E-state index in [2.05, 4.69) is 5.32 Å². The van der Waals surface area contributed by atoms with Crippen LogP contribution in [0.2, 0.25) is 5.02 Å². The molecule has 0 aromatic heterocycles. The van der Waals surface area contributed by atoms with Crippen LogP contribution in [0.1, 0.15) is 27.0 Å². The summed E-state index contributed by atoms with van der Waals surface area (Å²) in [6, 6.07) is 16.8. The Morgan fingerprint density at radius 3 is 2.07 bits per heavy atom. The maximum atomic E-state index is 12.9. The molecule has 0 aliphatic carbocycles. The van der Waals surface area contributed by atoms with Crippen LogP contribution in [0.4, 0.5) is 11.4 Å². The zero-order valence-electron chi connectivity index (χ0n) is 17.2. The van der Waals surface area contributed by atoms with E-state index in [0.29, 0.717) is 21.8 Å². The minimum absolute atomic E-state index is 0.144. The van der Waals surface area contributed by atoms with Crippen molar-refractivity contribution in [3.8, 4) is 0 Å². The molecule has 0 heterocycles. The van der Waals surface area contributed by atoms with E-state index in [1.54, 1.807) is 25.1 Å². The molecule has 0 radical (unpaired) electrons. The topological polar surface area (TPSA) is 66.5 Å². The zero-order valence-corrected chi connectivity index (χ0v) is 18.8. The minimum atomic E-state index is -3.75. The van der Waals surface area contributed by atoms with Crippen LogP contribution >= 0.6 is 11.6 Å². The predicted molar refractivity (Wildman–Crippen MR) is 122 cm³/mol. The van der Waals surface area contributed by atoms with Crippen molar-refractivity contribution in [2.75, 3.05) is 16.7 Å². The second-order valence-corrected chi connectivity index (χ2v) is 9.66. The fraction of sp³-hybridized carbons (Fsp3) is 0.174. The molecule has 0 saturated heterocycles. The number of amides is 1. The first kappa shape index (κ1) is 21.9. The second kappa shape index (κ2) is 8.50. The molecular formula is C23H23ClN2O3S. The number of hydrogen-bond acceptors (Lipinski definition) is 3. The zero-order chi connectivity index (χ0) is 22.1. The van der Waals surface area contributed by atoms with E-state index >= 15 is 0 Å². The van der Waals surface area contributed by atoms with Gasteiger partial charge in [-0.25, -0.2) is 8.42 Å². The number of rotatable bonds is 5. The van der Waals surface area contributed by atoms with E-state index in [9.17, 15) is 13.2 Å². The Kier molecular flexibility index (Phi) is 6.19. The van der Waals surface area contributed by atoms with E-state index in [4.69, 9.17) is 11.6 Å². The molecule has 0 aliphatic rings. The van der Waals surface area contributed by atoms with Gasteiger partial charge in [0.2, 0.25) is 0 Å². The molecule has 3 aromatic carbocycles. The number of carbonyl (C=O) groups excluding carboxylic acids is 1. The highest BCUT2D eigenvalue weighted by Crippen LogP contribution is 2.27. The fourth-order valence-electron chi connectivity index (χ4n) is 3.29. The maximum absolute atomic E-state index is 12.9. The minimum Gasteiger partial charge on any atom is -0.322 e. The van der Waals surface area contributed by atoms with Crippen molar-refractivity contribution < 1.29 is 13.2 Å². The highest BCUT2D eigenvalue weighted by molar-refractivity contribution is 7.92. The van der Waals surface area contributed by atoms with Crippen LogP contribution in [0.25, 0.3) is 0 Å². The van der Waals surface area contributed by atoms with Crippen molar-refractivity contribution in [2.24, 2.45) is 0 Å². The van der Waals surface area contributed by atoms with Crippen molar-refractivity contribution in [1.82, 2.24) is 0 Å². The lowest BCUT2D eigenvalue weighted by Crippen LogP contribution is -2.27. The number of sulfonamides is 1. The Labute approximate surface area is 182 Å². The van der Waals surface area contributed by atoms with Crippen LogP contribution in [0.15, 0.2) is 65.6 Å². The van der Waals surface area contributed by atoms with Crippen molar-refractivity contribution in [3.05, 3.63) is 87.9 Å². The van der Waals surface area contributed by atoms with Crippen molar-refractivity contribution >= 4 is 38.9 Å². The smallest absolute Gasteiger partial charge is 0.264 e. The number of nitrogens with one attached hydrogen (secondary N) is 1. The van der Waals surface area contributed by atoms with Crippen LogP contribution in [-0.4, -0.2) is 21.4 Å². The Morgan fingerprint density at radius 1 is 0.900 bits per heavy atom. The van der Waals surface area contributed by atoms with Gasteiger partial charge in [-0.05, 0) is 92.1 Å². The first-order chi connectivity index (χ1) is 14.1. The Balaban J connectivity index is 1.85. The summed E-state index contributed by atoms with van der Waals surface area (Å²) in [4.78, 5) is 12.8. The van der Waals surface area contributed by atoms with Crippen molar-refractivity contribution in [3.63, 3.8) is 0 Å². The van der Waals surface area contributed by atoms with Gasteiger partial charge in [-0.3, -0.25) is 9.10 Å². The van der Waals surface area contributed by atoms with Crippen LogP contribution in [0.5, 0.6) is 0 Å². The lowest BCUT2D eigenvalue weighted by molar-refractivity contribution is 0.102. The van der Waals surface area contributed by atoms with Gasteiger partial charge in [-0.1, -0.05) is 17.7 Å². The number of hydrogen-bond donors (Lipinski definition) is 1. The lowest BCUT2D eigenvalue weighted by Gasteiger charge is -2.22. The number of carbonyl (C=O) groups is 1. The summed E-state index contributed by atoms with van der Waals surface area (Å²) in [6.07, 6.45) is 0. The van der Waals surface area contributed by atoms with Gasteiger partial charge in [0.15, 0.2) is 0 Å². The van der Waals surface area contributed by atoms with Gasteiger partial charge >= 0.3 is 0 Å². The van der Waals surface area contributed by atoms with E-state index in [0.717, 1.165) is 16.8 Å². The maximum Gasteiger partial charge on any atom is 0.264 e. The monoisotopic (exact) mass is 442 g/mol. The molecule has 0 fully saturated rings. The standard InChI is InChI=1S/C23H23ClN2O3S/c1-15-11-16(2)13-20(12-15)25-23(27)18-5-10-22(17(3)14-18)26(4)30(28,29)21-8-6-19(24)7-9-21/h5-14H,1-4H3,(H,25,27). The average Bonchev–Trinajstić information content (AvgIpc) is 2.67. The molecule has 1 amide bonds. The van der Waals surface area contributed by atoms with Gasteiger partial charge in [0.1, 0.15) is 0 Å². The third-order valence-corrected chi connectivity index (χ3v) is 6.79. The Bertz CT molecular complexity index is 1190. The number of anilines is 2. The van der Waals surface area contributed by atoms with E-state index in [1.807, 2.05) is 32.0 Å². The molecule has 0 bridgehead atoms. The number of halogens is 1. The largest absolute Gasteiger partial charge is 0.322 e. The first-order valence-corrected chi connectivity index (χ1v) is 11.1. The fourth-order valence-corrected chi connectivity index (χ4v) is 4.68. The van der Waals surface area contributed by atoms with E-state index in [-0.39, 0.29) is 10.8 Å². The number of aryl methyl sites for hydroxylation is 3. The molecule has 5 nitrogen and oxygen atoms in total. The number of nitrogens with zero attached hydrogens (tertiary/aromatic N) is 1. The molecule has 30 heavy (non-hydrogen) atoms. The molecule has 0 aliphatic heterocycles. The van der Waals surface area contributed by atoms with Gasteiger partial charge in [-0.15, -0.1) is 0 Å². The predicted octanol–water partition coefficient (Wildman–Crippen LogP) is 5.34. The molecule has 156 valence electrons. The Morgan fingerprint density at radius 2 is 1.50 bits per heavy atom. The summed E-state index contributed by atoms with van der Waals surface area (Å²) < 4.78 is 27.1. The highest BCUT2D eigenvalue weighted by atomic mass is 35.5. The van der Waals surface area contributed by atoms with Crippen molar-refractivity contribution in [1.29, 1.82) is 0 Å². The molecule has 0 unspecified atom stereocenters. The Hall–Kier alpha value is -2.83. The first-order valence-electron chi connectivity index (χ1n) is 9.33. The van der Waals surface area contributed by atoms with Gasteiger partial charge in [-0.2, -0.15) is 0 Å². The summed E-state index contributed by atoms with van der Waals surface area (Å²) in [6.45, 7) is 5.72. The normalized spacial score (nSPS) is 11.2. The van der Waals surface area contributed by atoms with Gasteiger partial charge < -0.3 is 5.32 Å². The summed E-state index contributed by atoms with van der Waals surface area (Å²) >= 11 is 5.86. The molecule has 0 atom stereocenters. The number of benzene rings is 3. The van der Waals surface area contributed by atoms with Crippen LogP contribution < -0.4 is 9.62 Å². The SMILES string of the molecule is Cc1cc(C)cc(NC(=O)c2ccc(N(C)S(=O)(=O)c3ccc(Cl)cc3)c(C)c2)c1. The van der Waals surface area contributed by atoms with E-state index < -0.39 is 10.0 Å². The summed E-state index contributed by atoms with van der Waals surface area (Å²) in [7, 11) is -2.26. The van der Waals surface area contributed by atoms with Crippen LogP contribution in [-0.2, 0) is 10.0 Å². The van der Waals surface area contributed by atoms with Gasteiger partial charge in [0.25, 0.3) is 15.9 Å². The average molecular weight is 443 g/mol. The van der Waals surface area contributed by atoms with E-state index in [1.165, 1.54) is 35.6 Å². The molecule has 3 rings (SSSR count). The van der Waals surface area contributed by atoms with Crippen LogP contribution in [0.3, 0.4) is 0 Å². The van der Waals surface area contributed by atoms with Crippen LogP contribution in [0, 0.1) is 20.8 Å². The highest BCUT2D eigenvalue weighted by Gasteiger charge is 2.23. The molecule has 0 saturated carbocycles. The molecule has 3 aromatic rings. The summed E-state index contributed by atoms with van der Waals surface area (Å²) in [5.74, 6) is -0.252. The molecular weight excluding hydrogens is 420 g/mol. The van der Waals surface area contributed by atoms with Crippen molar-refractivity contribution in [2.45, 2.75) is 25.7 Å². The lowest BCUT2D eigenvalue weighted by atomic mass is 10.1. The summed E-state index contributed by atoms with van der Waals surface area (Å²) in [5.41, 5.74) is 4.46. The molecule has 7 heteroatoms. The third-order valence-electron chi connectivity index (χ3n) is 4.75. The quantitative estimate of drug-likeness (QED) is 0.579. The third kappa shape index (κ3) is 4.66. The van der Waals surface area contributed by atoms with Gasteiger partial charge in [0, 0.05) is 23.3 Å². The molecule has 0 spiro atoms.